The summed E-state index contributed by atoms with van der Waals surface area (Å²) < 4.78 is 18.0. The van der Waals surface area contributed by atoms with Crippen molar-refractivity contribution in [3.8, 4) is 5.75 Å². The SMILES string of the molecule is O=C(COc1ccccc1Cl)Nc1ccc(F)cc1. The number of nitrogens with one attached hydrogen (secondary N) is 1. The van der Waals surface area contributed by atoms with Crippen LogP contribution < -0.4 is 10.1 Å². The lowest BCUT2D eigenvalue weighted by Gasteiger charge is -2.08. The van der Waals surface area contributed by atoms with Gasteiger partial charge in [0.05, 0.1) is 5.02 Å². The Morgan fingerprint density at radius 2 is 1.84 bits per heavy atom. The van der Waals surface area contributed by atoms with E-state index in [4.69, 9.17) is 16.3 Å². The molecule has 0 heterocycles. The van der Waals surface area contributed by atoms with Crippen LogP contribution in [0.4, 0.5) is 10.1 Å². The normalized spacial score (nSPS) is 10.0. The van der Waals surface area contributed by atoms with E-state index >= 15 is 0 Å². The second kappa shape index (κ2) is 6.20. The minimum absolute atomic E-state index is 0.166. The number of benzene rings is 2. The predicted octanol–water partition coefficient (Wildman–Crippen LogP) is 3.50. The summed E-state index contributed by atoms with van der Waals surface area (Å²) in [5.41, 5.74) is 0.508. The molecule has 0 spiro atoms. The number of hydrogen-bond donors (Lipinski definition) is 1. The van der Waals surface area contributed by atoms with Crippen molar-refractivity contribution in [3.05, 3.63) is 59.4 Å². The molecule has 0 fully saturated rings. The highest BCUT2D eigenvalue weighted by molar-refractivity contribution is 6.32. The van der Waals surface area contributed by atoms with Crippen LogP contribution in [0.2, 0.25) is 5.02 Å². The Labute approximate surface area is 115 Å². The topological polar surface area (TPSA) is 38.3 Å². The van der Waals surface area contributed by atoms with Gasteiger partial charge in [-0.15, -0.1) is 0 Å². The van der Waals surface area contributed by atoms with Crippen molar-refractivity contribution in [2.45, 2.75) is 0 Å². The van der Waals surface area contributed by atoms with Gasteiger partial charge in [0.1, 0.15) is 11.6 Å². The van der Waals surface area contributed by atoms with Crippen LogP contribution in [0.1, 0.15) is 0 Å². The monoisotopic (exact) mass is 279 g/mol. The van der Waals surface area contributed by atoms with Crippen molar-refractivity contribution in [1.29, 1.82) is 0 Å². The van der Waals surface area contributed by atoms with Crippen LogP contribution in [-0.4, -0.2) is 12.5 Å². The van der Waals surface area contributed by atoms with Gasteiger partial charge in [0, 0.05) is 5.69 Å². The van der Waals surface area contributed by atoms with Crippen molar-refractivity contribution < 1.29 is 13.9 Å². The Hall–Kier alpha value is -2.07. The molecule has 3 nitrogen and oxygen atoms in total. The van der Waals surface area contributed by atoms with Crippen molar-refractivity contribution >= 4 is 23.2 Å². The Kier molecular flexibility index (Phi) is 4.36. The maximum Gasteiger partial charge on any atom is 0.262 e. The molecule has 0 aliphatic carbocycles. The van der Waals surface area contributed by atoms with Gasteiger partial charge in [0.25, 0.3) is 5.91 Å². The number of hydrogen-bond acceptors (Lipinski definition) is 2. The Bertz CT molecular complexity index is 572. The number of halogens is 2. The number of amides is 1. The first-order valence-electron chi connectivity index (χ1n) is 5.58. The summed E-state index contributed by atoms with van der Waals surface area (Å²) >= 11 is 5.89. The molecule has 1 amide bonds. The molecule has 2 rings (SSSR count). The molecule has 2 aromatic carbocycles. The van der Waals surface area contributed by atoms with E-state index in [2.05, 4.69) is 5.32 Å². The molecular weight excluding hydrogens is 269 g/mol. The number of rotatable bonds is 4. The standard InChI is InChI=1S/C14H11ClFNO2/c15-12-3-1-2-4-13(12)19-9-14(18)17-11-7-5-10(16)6-8-11/h1-8H,9H2,(H,17,18). The lowest BCUT2D eigenvalue weighted by Crippen LogP contribution is -2.20. The summed E-state index contributed by atoms with van der Waals surface area (Å²) in [4.78, 5) is 11.6. The number of para-hydroxylation sites is 1. The number of anilines is 1. The number of carbonyl (C=O) groups excluding carboxylic acids is 1. The van der Waals surface area contributed by atoms with Gasteiger partial charge in [0.2, 0.25) is 0 Å². The number of ether oxygens (including phenoxy) is 1. The van der Waals surface area contributed by atoms with Crippen LogP contribution in [-0.2, 0) is 4.79 Å². The molecule has 0 unspecified atom stereocenters. The van der Waals surface area contributed by atoms with Gasteiger partial charge >= 0.3 is 0 Å². The molecular formula is C14H11ClFNO2. The Morgan fingerprint density at radius 1 is 1.16 bits per heavy atom. The van der Waals surface area contributed by atoms with Crippen LogP contribution in [0.5, 0.6) is 5.75 Å². The quantitative estimate of drug-likeness (QED) is 0.930. The van der Waals surface area contributed by atoms with E-state index in [1.54, 1.807) is 24.3 Å². The molecule has 1 N–H and O–H groups in total. The minimum Gasteiger partial charge on any atom is -0.482 e. The van der Waals surface area contributed by atoms with Crippen molar-refractivity contribution in [3.63, 3.8) is 0 Å². The van der Waals surface area contributed by atoms with E-state index in [1.807, 2.05) is 0 Å². The Balaban J connectivity index is 1.88. The first-order valence-corrected chi connectivity index (χ1v) is 5.96. The predicted molar refractivity (Wildman–Crippen MR) is 72.0 cm³/mol. The first-order chi connectivity index (χ1) is 9.15. The zero-order valence-electron chi connectivity index (χ0n) is 9.90. The van der Waals surface area contributed by atoms with Crippen LogP contribution in [0, 0.1) is 5.82 Å². The lowest BCUT2D eigenvalue weighted by molar-refractivity contribution is -0.118. The van der Waals surface area contributed by atoms with Gasteiger partial charge in [0.15, 0.2) is 6.61 Å². The van der Waals surface area contributed by atoms with Crippen LogP contribution in [0.15, 0.2) is 48.5 Å². The summed E-state index contributed by atoms with van der Waals surface area (Å²) in [6.07, 6.45) is 0. The molecule has 0 aliphatic heterocycles. The van der Waals surface area contributed by atoms with Crippen molar-refractivity contribution in [2.75, 3.05) is 11.9 Å². The van der Waals surface area contributed by atoms with Gasteiger partial charge in [-0.2, -0.15) is 0 Å². The van der Waals surface area contributed by atoms with Crippen LogP contribution in [0.3, 0.4) is 0 Å². The van der Waals surface area contributed by atoms with E-state index in [-0.39, 0.29) is 18.3 Å². The second-order valence-electron chi connectivity index (χ2n) is 3.77. The molecule has 0 radical (unpaired) electrons. The van der Waals surface area contributed by atoms with Crippen molar-refractivity contribution in [1.82, 2.24) is 0 Å². The molecule has 0 aliphatic rings. The third-order valence-electron chi connectivity index (χ3n) is 2.32. The molecule has 0 bridgehead atoms. The maximum absolute atomic E-state index is 12.7. The van der Waals surface area contributed by atoms with E-state index in [9.17, 15) is 9.18 Å². The molecule has 0 atom stereocenters. The van der Waals surface area contributed by atoms with Gasteiger partial charge < -0.3 is 10.1 Å². The highest BCUT2D eigenvalue weighted by Crippen LogP contribution is 2.22. The third kappa shape index (κ3) is 3.96. The highest BCUT2D eigenvalue weighted by atomic mass is 35.5. The fraction of sp³-hybridized carbons (Fsp3) is 0.0714. The van der Waals surface area contributed by atoms with Crippen molar-refractivity contribution in [2.24, 2.45) is 0 Å². The molecule has 19 heavy (non-hydrogen) atoms. The maximum atomic E-state index is 12.7. The molecule has 0 saturated carbocycles. The van der Waals surface area contributed by atoms with E-state index in [1.165, 1.54) is 24.3 Å². The molecule has 98 valence electrons. The lowest BCUT2D eigenvalue weighted by atomic mass is 10.3. The molecule has 5 heteroatoms. The average molecular weight is 280 g/mol. The van der Waals surface area contributed by atoms with E-state index in [0.29, 0.717) is 16.5 Å². The van der Waals surface area contributed by atoms with Gasteiger partial charge in [-0.3, -0.25) is 4.79 Å². The summed E-state index contributed by atoms with van der Waals surface area (Å²) in [5.74, 6) is -0.254. The smallest absolute Gasteiger partial charge is 0.262 e. The molecule has 0 aromatic heterocycles. The summed E-state index contributed by atoms with van der Waals surface area (Å²) in [5, 5.41) is 3.03. The third-order valence-corrected chi connectivity index (χ3v) is 2.64. The zero-order chi connectivity index (χ0) is 13.7. The summed E-state index contributed by atoms with van der Waals surface area (Å²) in [6.45, 7) is -0.166. The van der Waals surface area contributed by atoms with Crippen LogP contribution in [0.25, 0.3) is 0 Å². The van der Waals surface area contributed by atoms with Gasteiger partial charge in [-0.1, -0.05) is 23.7 Å². The van der Waals surface area contributed by atoms with Gasteiger partial charge in [-0.25, -0.2) is 4.39 Å². The van der Waals surface area contributed by atoms with Crippen LogP contribution >= 0.6 is 11.6 Å². The highest BCUT2D eigenvalue weighted by Gasteiger charge is 2.05. The Morgan fingerprint density at radius 3 is 2.53 bits per heavy atom. The summed E-state index contributed by atoms with van der Waals surface area (Å²) in [7, 11) is 0. The minimum atomic E-state index is -0.356. The largest absolute Gasteiger partial charge is 0.482 e. The van der Waals surface area contributed by atoms with Gasteiger partial charge in [-0.05, 0) is 36.4 Å². The fourth-order valence-corrected chi connectivity index (χ4v) is 1.63. The van der Waals surface area contributed by atoms with E-state index < -0.39 is 0 Å². The average Bonchev–Trinajstić information content (AvgIpc) is 2.40. The second-order valence-corrected chi connectivity index (χ2v) is 4.18. The zero-order valence-corrected chi connectivity index (χ0v) is 10.7. The van der Waals surface area contributed by atoms with E-state index in [0.717, 1.165) is 0 Å². The number of carbonyl (C=O) groups is 1. The molecule has 2 aromatic rings. The molecule has 0 saturated heterocycles. The summed E-state index contributed by atoms with van der Waals surface area (Å²) in [6, 6.07) is 12.4. The first kappa shape index (κ1) is 13.4. The fourth-order valence-electron chi connectivity index (χ4n) is 1.44.